The van der Waals surface area contributed by atoms with E-state index in [9.17, 15) is 0 Å². The van der Waals surface area contributed by atoms with Crippen molar-refractivity contribution in [1.29, 1.82) is 0 Å². The minimum absolute atomic E-state index is 0.650. The first kappa shape index (κ1) is 19.6. The Balaban J connectivity index is 1.36. The van der Waals surface area contributed by atoms with Gasteiger partial charge in [-0.2, -0.15) is 0 Å². The van der Waals surface area contributed by atoms with E-state index in [1.165, 1.54) is 25.9 Å². The van der Waals surface area contributed by atoms with Gasteiger partial charge in [0.15, 0.2) is 11.5 Å². The van der Waals surface area contributed by atoms with Crippen LogP contribution < -0.4 is 14.8 Å². The molecule has 1 aromatic heterocycles. The highest BCUT2D eigenvalue weighted by atomic mass is 16.5. The predicted octanol–water partition coefficient (Wildman–Crippen LogP) is 4.94. The Bertz CT molecular complexity index is 1140. The van der Waals surface area contributed by atoms with Gasteiger partial charge >= 0.3 is 0 Å². The molecule has 0 saturated carbocycles. The molecule has 1 saturated heterocycles. The molecule has 1 aliphatic carbocycles. The molecule has 5 rings (SSSR count). The van der Waals surface area contributed by atoms with Gasteiger partial charge in [-0.1, -0.05) is 0 Å². The fourth-order valence-corrected chi connectivity index (χ4v) is 4.14. The normalized spacial score (nSPS) is 14.4. The summed E-state index contributed by atoms with van der Waals surface area (Å²) >= 11 is 0. The number of ether oxygens (including phenoxy) is 2. The quantitative estimate of drug-likeness (QED) is 0.406. The average molecular weight is 418 g/mol. The number of likely N-dealkylation sites (tertiary alicyclic amines) is 1. The molecular formula is C24H26N4O3. The van der Waals surface area contributed by atoms with Crippen LogP contribution in [0, 0.1) is 0 Å². The molecule has 3 aliphatic rings. The van der Waals surface area contributed by atoms with Gasteiger partial charge < -0.3 is 24.1 Å². The molecule has 1 fully saturated rings. The number of anilines is 2. The molecule has 1 aromatic carbocycles. The summed E-state index contributed by atoms with van der Waals surface area (Å²) in [5, 5.41) is 4.28. The standard InChI is InChI=1S/C24H26N4O3/c1-29-22-14-18-20(15-23(22)31-13-5-11-28-9-2-3-10-28)25-16-26-24(18)27-19-7-8-21-17(19)6-4-12-30-21/h4,6-8,12,14-16H,2-3,5,9-11,13H2,1H3,(H,25,26,27). The Morgan fingerprint density at radius 3 is 2.87 bits per heavy atom. The summed E-state index contributed by atoms with van der Waals surface area (Å²) in [5.74, 6) is 2.92. The molecule has 0 atom stereocenters. The van der Waals surface area contributed by atoms with Crippen molar-refractivity contribution in [2.24, 2.45) is 0 Å². The van der Waals surface area contributed by atoms with Gasteiger partial charge in [-0.25, -0.2) is 9.97 Å². The fraction of sp³-hybridized carbons (Fsp3) is 0.333. The van der Waals surface area contributed by atoms with Gasteiger partial charge in [0.2, 0.25) is 0 Å². The van der Waals surface area contributed by atoms with E-state index < -0.39 is 0 Å². The Hall–Kier alpha value is -3.32. The van der Waals surface area contributed by atoms with Gasteiger partial charge in [-0.3, -0.25) is 0 Å². The molecule has 7 heteroatoms. The number of nitrogens with zero attached hydrogens (tertiary/aromatic N) is 3. The lowest BCUT2D eigenvalue weighted by Gasteiger charge is -2.16. The van der Waals surface area contributed by atoms with Crippen molar-refractivity contribution in [2.75, 3.05) is 38.7 Å². The minimum atomic E-state index is 0.650. The zero-order chi connectivity index (χ0) is 21.0. The summed E-state index contributed by atoms with van der Waals surface area (Å²) in [6.45, 7) is 4.14. The maximum atomic E-state index is 6.05. The smallest absolute Gasteiger partial charge is 0.163 e. The lowest BCUT2D eigenvalue weighted by Crippen LogP contribution is -2.21. The number of hydrogen-bond donors (Lipinski definition) is 1. The fourth-order valence-electron chi connectivity index (χ4n) is 4.14. The van der Waals surface area contributed by atoms with Crippen LogP contribution in [0.15, 0.2) is 53.4 Å². The summed E-state index contributed by atoms with van der Waals surface area (Å²) in [5.41, 5.74) is 2.73. The second-order valence-electron chi connectivity index (χ2n) is 7.76. The number of methoxy groups -OCH3 is 1. The molecule has 3 heterocycles. The van der Waals surface area contributed by atoms with E-state index in [2.05, 4.69) is 20.2 Å². The molecular weight excluding hydrogens is 392 g/mol. The van der Waals surface area contributed by atoms with E-state index >= 15 is 0 Å². The summed E-state index contributed by atoms with van der Waals surface area (Å²) in [6.07, 6.45) is 6.84. The van der Waals surface area contributed by atoms with Gasteiger partial charge in [-0.05, 0) is 62.7 Å². The van der Waals surface area contributed by atoms with E-state index in [0.717, 1.165) is 40.9 Å². The van der Waals surface area contributed by atoms with Crippen LogP contribution in [0.4, 0.5) is 11.5 Å². The zero-order valence-electron chi connectivity index (χ0n) is 17.6. The third kappa shape index (κ3) is 4.14. The summed E-state index contributed by atoms with van der Waals surface area (Å²) < 4.78 is 17.2. The third-order valence-corrected chi connectivity index (χ3v) is 5.74. The highest BCUT2D eigenvalue weighted by molar-refractivity contribution is 5.94. The van der Waals surface area contributed by atoms with Crippen LogP contribution in [0.1, 0.15) is 19.3 Å². The number of hydrogen-bond acceptors (Lipinski definition) is 7. The number of aromatic nitrogens is 2. The number of nitrogens with one attached hydrogen (secondary N) is 1. The van der Waals surface area contributed by atoms with Crippen molar-refractivity contribution >= 4 is 22.4 Å². The van der Waals surface area contributed by atoms with Crippen LogP contribution in [-0.2, 0) is 0 Å². The van der Waals surface area contributed by atoms with Crippen LogP contribution in [0.3, 0.4) is 0 Å². The SMILES string of the molecule is COc1cc2c(Nc3ccc4occcc3-4)ncnc2cc1OCCCN1CCCC1. The van der Waals surface area contributed by atoms with E-state index in [1.54, 1.807) is 19.7 Å². The number of rotatable bonds is 8. The molecule has 0 spiro atoms. The predicted molar refractivity (Wildman–Crippen MR) is 120 cm³/mol. The molecule has 1 N–H and O–H groups in total. The van der Waals surface area contributed by atoms with Crippen molar-refractivity contribution in [1.82, 2.24) is 14.9 Å². The Morgan fingerprint density at radius 2 is 2.00 bits per heavy atom. The van der Waals surface area contributed by atoms with Crippen molar-refractivity contribution < 1.29 is 13.9 Å². The average Bonchev–Trinajstić information content (AvgIpc) is 3.47. The van der Waals surface area contributed by atoms with Crippen LogP contribution in [0.2, 0.25) is 0 Å². The lowest BCUT2D eigenvalue weighted by molar-refractivity contribution is 0.254. The lowest BCUT2D eigenvalue weighted by atomic mass is 10.2. The molecule has 31 heavy (non-hydrogen) atoms. The molecule has 0 radical (unpaired) electrons. The van der Waals surface area contributed by atoms with Gasteiger partial charge in [-0.15, -0.1) is 0 Å². The van der Waals surface area contributed by atoms with Crippen molar-refractivity contribution in [3.8, 4) is 22.8 Å². The van der Waals surface area contributed by atoms with Gasteiger partial charge in [0.05, 0.1) is 31.2 Å². The van der Waals surface area contributed by atoms with Crippen LogP contribution in [-0.4, -0.2) is 48.2 Å². The summed E-state index contributed by atoms with van der Waals surface area (Å²) in [4.78, 5) is 11.4. The molecule has 160 valence electrons. The van der Waals surface area contributed by atoms with Crippen LogP contribution >= 0.6 is 0 Å². The van der Waals surface area contributed by atoms with Gasteiger partial charge in [0, 0.05) is 23.6 Å². The molecule has 7 nitrogen and oxygen atoms in total. The van der Waals surface area contributed by atoms with Crippen molar-refractivity contribution in [3.05, 3.63) is 49.0 Å². The highest BCUT2D eigenvalue weighted by Crippen LogP contribution is 2.37. The highest BCUT2D eigenvalue weighted by Gasteiger charge is 2.16. The van der Waals surface area contributed by atoms with E-state index in [0.29, 0.717) is 23.9 Å². The summed E-state index contributed by atoms with van der Waals surface area (Å²) in [6, 6.07) is 11.7. The van der Waals surface area contributed by atoms with Crippen molar-refractivity contribution in [2.45, 2.75) is 19.3 Å². The molecule has 2 aromatic rings. The van der Waals surface area contributed by atoms with Crippen LogP contribution in [0.5, 0.6) is 11.5 Å². The van der Waals surface area contributed by atoms with Gasteiger partial charge in [0.1, 0.15) is 17.9 Å². The first-order valence-corrected chi connectivity index (χ1v) is 10.7. The number of fused-ring (bicyclic) bond motifs is 2. The Kier molecular flexibility index (Phi) is 5.58. The minimum Gasteiger partial charge on any atom is -0.493 e. The third-order valence-electron chi connectivity index (χ3n) is 5.74. The molecule has 0 bridgehead atoms. The van der Waals surface area contributed by atoms with E-state index in [1.807, 2.05) is 36.4 Å². The molecule has 0 unspecified atom stereocenters. The van der Waals surface area contributed by atoms with Gasteiger partial charge in [0.25, 0.3) is 0 Å². The van der Waals surface area contributed by atoms with E-state index in [4.69, 9.17) is 13.9 Å². The second-order valence-corrected chi connectivity index (χ2v) is 7.76. The molecule has 0 amide bonds. The topological polar surface area (TPSA) is 72.6 Å². The largest absolute Gasteiger partial charge is 0.493 e. The first-order valence-electron chi connectivity index (χ1n) is 10.7. The zero-order valence-corrected chi connectivity index (χ0v) is 17.6. The monoisotopic (exact) mass is 418 g/mol. The number of benzene rings is 1. The first-order chi connectivity index (χ1) is 15.3. The maximum Gasteiger partial charge on any atom is 0.163 e. The van der Waals surface area contributed by atoms with E-state index in [-0.39, 0.29) is 0 Å². The second kappa shape index (κ2) is 8.81. The van der Waals surface area contributed by atoms with Crippen LogP contribution in [0.25, 0.3) is 22.2 Å². The Morgan fingerprint density at radius 1 is 1.10 bits per heavy atom. The Labute approximate surface area is 181 Å². The molecule has 2 aliphatic heterocycles. The summed E-state index contributed by atoms with van der Waals surface area (Å²) in [7, 11) is 1.65. The maximum absolute atomic E-state index is 6.05. The van der Waals surface area contributed by atoms with Crippen molar-refractivity contribution in [3.63, 3.8) is 0 Å².